The van der Waals surface area contributed by atoms with Gasteiger partial charge in [0.05, 0.1) is 11.3 Å². The van der Waals surface area contributed by atoms with Crippen molar-refractivity contribution in [2.45, 2.75) is 39.2 Å². The number of benzene rings is 1. The fourth-order valence-corrected chi connectivity index (χ4v) is 2.57. The van der Waals surface area contributed by atoms with Gasteiger partial charge in [0.25, 0.3) is 5.91 Å². The summed E-state index contributed by atoms with van der Waals surface area (Å²) in [7, 11) is 0. The smallest absolute Gasteiger partial charge is 0.253 e. The largest absolute Gasteiger partial charge is 0.396 e. The zero-order valence-corrected chi connectivity index (χ0v) is 10.8. The van der Waals surface area contributed by atoms with Crippen molar-refractivity contribution in [1.29, 1.82) is 0 Å². The summed E-state index contributed by atoms with van der Waals surface area (Å²) in [5.74, 6) is -0.833. The van der Waals surface area contributed by atoms with Gasteiger partial charge >= 0.3 is 0 Å². The molecule has 1 saturated carbocycles. The van der Waals surface area contributed by atoms with Crippen LogP contribution in [0.15, 0.2) is 18.2 Å². The van der Waals surface area contributed by atoms with Gasteiger partial charge in [-0.25, -0.2) is 4.39 Å². The first-order valence-electron chi connectivity index (χ1n) is 6.26. The van der Waals surface area contributed by atoms with Gasteiger partial charge < -0.3 is 11.1 Å². The molecule has 18 heavy (non-hydrogen) atoms. The lowest BCUT2D eigenvalue weighted by atomic mass is 9.87. The fraction of sp³-hybridized carbons (Fsp3) is 0.500. The Hall–Kier alpha value is -1.58. The molecule has 1 amide bonds. The van der Waals surface area contributed by atoms with Crippen LogP contribution in [0.25, 0.3) is 0 Å². The maximum absolute atomic E-state index is 13.3. The Labute approximate surface area is 107 Å². The third kappa shape index (κ3) is 2.33. The zero-order chi connectivity index (χ0) is 13.3. The second kappa shape index (κ2) is 4.59. The number of nitrogens with one attached hydrogen (secondary N) is 1. The van der Waals surface area contributed by atoms with Crippen LogP contribution in [0.2, 0.25) is 0 Å². The van der Waals surface area contributed by atoms with E-state index in [1.54, 1.807) is 6.07 Å². The van der Waals surface area contributed by atoms with Crippen LogP contribution in [0.5, 0.6) is 0 Å². The Morgan fingerprint density at radius 3 is 2.83 bits per heavy atom. The van der Waals surface area contributed by atoms with Gasteiger partial charge in [0.2, 0.25) is 0 Å². The van der Waals surface area contributed by atoms with E-state index in [0.29, 0.717) is 0 Å². The van der Waals surface area contributed by atoms with E-state index in [1.807, 2.05) is 0 Å². The number of carbonyl (C=O) groups is 1. The molecular weight excluding hydrogens is 231 g/mol. The van der Waals surface area contributed by atoms with Gasteiger partial charge in [-0.15, -0.1) is 0 Å². The monoisotopic (exact) mass is 250 g/mol. The molecule has 1 aromatic carbocycles. The molecule has 1 aliphatic carbocycles. The van der Waals surface area contributed by atoms with E-state index in [1.165, 1.54) is 12.1 Å². The minimum Gasteiger partial charge on any atom is -0.396 e. The molecule has 1 aliphatic rings. The normalized spacial score (nSPS) is 21.8. The molecule has 0 aromatic heterocycles. The van der Waals surface area contributed by atoms with Gasteiger partial charge in [0, 0.05) is 6.04 Å². The molecule has 1 unspecified atom stereocenters. The Kier molecular flexibility index (Phi) is 3.28. The number of nitrogens with two attached hydrogens (primary N) is 1. The van der Waals surface area contributed by atoms with Crippen molar-refractivity contribution >= 4 is 11.6 Å². The van der Waals surface area contributed by atoms with Gasteiger partial charge in [0.1, 0.15) is 5.82 Å². The van der Waals surface area contributed by atoms with E-state index in [-0.39, 0.29) is 28.6 Å². The molecule has 98 valence electrons. The van der Waals surface area contributed by atoms with Crippen molar-refractivity contribution in [1.82, 2.24) is 5.32 Å². The van der Waals surface area contributed by atoms with Gasteiger partial charge in [-0.2, -0.15) is 0 Å². The summed E-state index contributed by atoms with van der Waals surface area (Å²) in [5.41, 5.74) is 5.83. The van der Waals surface area contributed by atoms with Crippen molar-refractivity contribution in [2.75, 3.05) is 5.73 Å². The molecule has 0 saturated heterocycles. The van der Waals surface area contributed by atoms with Crippen molar-refractivity contribution in [2.24, 2.45) is 5.41 Å². The quantitative estimate of drug-likeness (QED) is 0.793. The summed E-state index contributed by atoms with van der Waals surface area (Å²) in [6, 6.07) is 4.44. The standard InChI is InChI=1S/C14H19FN2O/c1-14(2)8-4-7-11(14)17-13(18)9-5-3-6-10(15)12(9)16/h3,5-6,11H,4,7-8,16H2,1-2H3,(H,17,18). The molecule has 2 rings (SSSR count). The van der Waals surface area contributed by atoms with E-state index in [9.17, 15) is 9.18 Å². The molecule has 0 spiro atoms. The highest BCUT2D eigenvalue weighted by atomic mass is 19.1. The van der Waals surface area contributed by atoms with Crippen molar-refractivity contribution in [3.8, 4) is 0 Å². The predicted molar refractivity (Wildman–Crippen MR) is 69.7 cm³/mol. The molecule has 1 atom stereocenters. The first-order chi connectivity index (χ1) is 8.42. The Morgan fingerprint density at radius 1 is 1.50 bits per heavy atom. The molecule has 0 aliphatic heterocycles. The number of carbonyl (C=O) groups excluding carboxylic acids is 1. The molecule has 0 bridgehead atoms. The highest BCUT2D eigenvalue weighted by molar-refractivity contribution is 5.99. The topological polar surface area (TPSA) is 55.1 Å². The third-order valence-corrected chi connectivity index (χ3v) is 3.86. The number of para-hydroxylation sites is 1. The number of nitrogen functional groups attached to an aromatic ring is 1. The molecule has 3 N–H and O–H groups in total. The van der Waals surface area contributed by atoms with Crippen LogP contribution < -0.4 is 11.1 Å². The molecule has 3 nitrogen and oxygen atoms in total. The maximum atomic E-state index is 13.3. The van der Waals surface area contributed by atoms with E-state index in [0.717, 1.165) is 19.3 Å². The van der Waals surface area contributed by atoms with Gasteiger partial charge in [-0.1, -0.05) is 26.3 Å². The number of hydrogen-bond donors (Lipinski definition) is 2. The first-order valence-corrected chi connectivity index (χ1v) is 6.26. The lowest BCUT2D eigenvalue weighted by molar-refractivity contribution is 0.0910. The SMILES string of the molecule is CC1(C)CCCC1NC(=O)c1cccc(F)c1N. The molecule has 4 heteroatoms. The molecule has 1 aromatic rings. The lowest BCUT2D eigenvalue weighted by Gasteiger charge is -2.28. The van der Waals surface area contributed by atoms with E-state index < -0.39 is 5.82 Å². The van der Waals surface area contributed by atoms with E-state index >= 15 is 0 Å². The van der Waals surface area contributed by atoms with Crippen molar-refractivity contribution in [3.05, 3.63) is 29.6 Å². The summed E-state index contributed by atoms with van der Waals surface area (Å²) in [6.07, 6.45) is 3.17. The average Bonchev–Trinajstić information content (AvgIpc) is 2.62. The summed E-state index contributed by atoms with van der Waals surface area (Å²) in [4.78, 5) is 12.1. The highest BCUT2D eigenvalue weighted by Crippen LogP contribution is 2.37. The first kappa shape index (κ1) is 12.9. The van der Waals surface area contributed by atoms with Gasteiger partial charge in [-0.05, 0) is 30.4 Å². The number of hydrogen-bond acceptors (Lipinski definition) is 2. The Balaban J connectivity index is 2.15. The zero-order valence-electron chi connectivity index (χ0n) is 10.8. The maximum Gasteiger partial charge on any atom is 0.253 e. The van der Waals surface area contributed by atoms with Crippen molar-refractivity contribution < 1.29 is 9.18 Å². The molecule has 0 heterocycles. The predicted octanol–water partition coefficient (Wildman–Crippen LogP) is 2.72. The molecule has 0 radical (unpaired) electrons. The average molecular weight is 250 g/mol. The van der Waals surface area contributed by atoms with Crippen LogP contribution in [-0.2, 0) is 0 Å². The number of amides is 1. The van der Waals surface area contributed by atoms with Crippen LogP contribution in [0, 0.1) is 11.2 Å². The molecule has 1 fully saturated rings. The fourth-order valence-electron chi connectivity index (χ4n) is 2.57. The Morgan fingerprint density at radius 2 is 2.22 bits per heavy atom. The highest BCUT2D eigenvalue weighted by Gasteiger charge is 2.35. The van der Waals surface area contributed by atoms with E-state index in [2.05, 4.69) is 19.2 Å². The van der Waals surface area contributed by atoms with Crippen LogP contribution in [0.3, 0.4) is 0 Å². The van der Waals surface area contributed by atoms with Crippen molar-refractivity contribution in [3.63, 3.8) is 0 Å². The summed E-state index contributed by atoms with van der Waals surface area (Å²) >= 11 is 0. The summed E-state index contributed by atoms with van der Waals surface area (Å²) in [5, 5.41) is 2.97. The van der Waals surface area contributed by atoms with Crippen LogP contribution >= 0.6 is 0 Å². The van der Waals surface area contributed by atoms with Gasteiger partial charge in [0.15, 0.2) is 0 Å². The minimum atomic E-state index is -0.548. The van der Waals surface area contributed by atoms with E-state index in [4.69, 9.17) is 5.73 Å². The van der Waals surface area contributed by atoms with Gasteiger partial charge in [-0.3, -0.25) is 4.79 Å². The van der Waals surface area contributed by atoms with Crippen LogP contribution in [0.1, 0.15) is 43.5 Å². The second-order valence-electron chi connectivity index (χ2n) is 5.61. The summed E-state index contributed by atoms with van der Waals surface area (Å²) < 4.78 is 13.3. The number of halogens is 1. The molecular formula is C14H19FN2O. The Bertz CT molecular complexity index is 471. The minimum absolute atomic E-state index is 0.0780. The lowest BCUT2D eigenvalue weighted by Crippen LogP contribution is -2.41. The van der Waals surface area contributed by atoms with Crippen LogP contribution in [0.4, 0.5) is 10.1 Å². The second-order valence-corrected chi connectivity index (χ2v) is 5.61. The number of rotatable bonds is 2. The number of anilines is 1. The van der Waals surface area contributed by atoms with Crippen LogP contribution in [-0.4, -0.2) is 11.9 Å². The third-order valence-electron chi connectivity index (χ3n) is 3.86. The summed E-state index contributed by atoms with van der Waals surface area (Å²) in [6.45, 7) is 4.28.